The predicted octanol–water partition coefficient (Wildman–Crippen LogP) is 11.8. The lowest BCUT2D eigenvalue weighted by molar-refractivity contribution is 1.01. The van der Waals surface area contributed by atoms with Crippen molar-refractivity contribution in [2.24, 2.45) is 0 Å². The Balaban J connectivity index is 1.12. The molecule has 0 aliphatic rings. The molecule has 4 heteroatoms. The van der Waals surface area contributed by atoms with Gasteiger partial charge in [0.1, 0.15) is 5.82 Å². The summed E-state index contributed by atoms with van der Waals surface area (Å²) in [5, 5.41) is 7.71. The van der Waals surface area contributed by atoms with Gasteiger partial charge in [0.25, 0.3) is 0 Å². The number of para-hydroxylation sites is 2. The molecule has 0 aliphatic carbocycles. The van der Waals surface area contributed by atoms with E-state index >= 15 is 0 Å². The summed E-state index contributed by atoms with van der Waals surface area (Å²) in [5.74, 6) is 0.963. The molecule has 0 saturated carbocycles. The molecule has 0 bridgehead atoms. The SMILES string of the molecule is Cc1nc(-c2ccccc2[Si](c2ccccc2)(c2ccccc2)c2ccc(-c3ccc(N(c4ccccc4)c4cccc5ccccc45)cc3)cc2)n(-c2ccccc2)c1C. The lowest BCUT2D eigenvalue weighted by atomic mass is 10.0. The summed E-state index contributed by atoms with van der Waals surface area (Å²) in [5.41, 5.74) is 10.2. The zero-order valence-corrected chi connectivity index (χ0v) is 35.4. The Morgan fingerprint density at radius 2 is 0.918 bits per heavy atom. The maximum atomic E-state index is 5.32. The minimum atomic E-state index is -2.96. The van der Waals surface area contributed by atoms with E-state index in [2.05, 4.69) is 260 Å². The van der Waals surface area contributed by atoms with Crippen molar-refractivity contribution in [2.75, 3.05) is 4.90 Å². The van der Waals surface area contributed by atoms with E-state index in [9.17, 15) is 0 Å². The van der Waals surface area contributed by atoms with Gasteiger partial charge in [0.05, 0.1) is 11.4 Å². The van der Waals surface area contributed by atoms with E-state index in [0.29, 0.717) is 0 Å². The molecule has 0 N–H and O–H groups in total. The Bertz CT molecular complexity index is 3030. The monoisotopic (exact) mass is 799 g/mol. The molecule has 10 rings (SSSR count). The van der Waals surface area contributed by atoms with Crippen molar-refractivity contribution in [3.63, 3.8) is 0 Å². The smallest absolute Gasteiger partial charge is 0.180 e. The van der Waals surface area contributed by atoms with Gasteiger partial charge < -0.3 is 4.90 Å². The first kappa shape index (κ1) is 37.7. The van der Waals surface area contributed by atoms with Crippen LogP contribution in [0.4, 0.5) is 17.1 Å². The van der Waals surface area contributed by atoms with Crippen molar-refractivity contribution < 1.29 is 0 Å². The molecule has 0 spiro atoms. The first-order valence-electron chi connectivity index (χ1n) is 21.0. The van der Waals surface area contributed by atoms with Crippen LogP contribution in [0.1, 0.15) is 11.4 Å². The predicted molar refractivity (Wildman–Crippen MR) is 260 cm³/mol. The highest BCUT2D eigenvalue weighted by Gasteiger charge is 2.43. The van der Waals surface area contributed by atoms with Crippen LogP contribution < -0.4 is 25.6 Å². The fourth-order valence-corrected chi connectivity index (χ4v) is 14.1. The highest BCUT2D eigenvalue weighted by molar-refractivity contribution is 7.20. The summed E-state index contributed by atoms with van der Waals surface area (Å²) in [6, 6.07) is 86.2. The van der Waals surface area contributed by atoms with E-state index < -0.39 is 8.07 Å². The van der Waals surface area contributed by atoms with Gasteiger partial charge in [-0.15, -0.1) is 0 Å². The largest absolute Gasteiger partial charge is 0.310 e. The molecule has 0 aliphatic heterocycles. The van der Waals surface area contributed by atoms with E-state index in [-0.39, 0.29) is 0 Å². The number of imidazole rings is 1. The van der Waals surface area contributed by atoms with Crippen LogP contribution in [-0.4, -0.2) is 17.6 Å². The summed E-state index contributed by atoms with van der Waals surface area (Å²) < 4.78 is 2.33. The Morgan fingerprint density at radius 3 is 1.57 bits per heavy atom. The minimum absolute atomic E-state index is 0.963. The molecule has 0 unspecified atom stereocenters. The molecule has 9 aromatic carbocycles. The summed E-state index contributed by atoms with van der Waals surface area (Å²) in [4.78, 5) is 7.68. The minimum Gasteiger partial charge on any atom is -0.310 e. The standard InChI is InChI=1S/C57H45N3Si/c1-42-43(2)59(47-22-7-3-8-23-47)57(58-42)54-31-17-18-33-56(54)61(50-26-11-5-12-27-50,51-28-13-6-14-29-51)52-40-36-45(37-41-52)44-34-38-49(39-35-44)60(48-24-9-4-10-25-48)55-32-19-21-46-20-15-16-30-53(46)55/h3-41H,1-2H3. The van der Waals surface area contributed by atoms with Crippen LogP contribution in [-0.2, 0) is 0 Å². The number of benzene rings is 9. The molecule has 0 amide bonds. The Kier molecular flexibility index (Phi) is 10.1. The quantitative estimate of drug-likeness (QED) is 0.101. The molecule has 0 fully saturated rings. The molecule has 0 atom stereocenters. The molecule has 292 valence electrons. The van der Waals surface area contributed by atoms with Crippen LogP contribution in [0, 0.1) is 13.8 Å². The number of nitrogens with zero attached hydrogens (tertiary/aromatic N) is 3. The summed E-state index contributed by atoms with van der Waals surface area (Å²) in [6.45, 7) is 4.29. The highest BCUT2D eigenvalue weighted by atomic mass is 28.3. The van der Waals surface area contributed by atoms with Gasteiger partial charge in [-0.3, -0.25) is 4.57 Å². The molecular weight excluding hydrogens is 755 g/mol. The third kappa shape index (κ3) is 6.77. The van der Waals surface area contributed by atoms with Gasteiger partial charge in [0.2, 0.25) is 0 Å². The van der Waals surface area contributed by atoms with E-state index in [1.165, 1.54) is 42.6 Å². The summed E-state index contributed by atoms with van der Waals surface area (Å²) >= 11 is 0. The van der Waals surface area contributed by atoms with Gasteiger partial charge >= 0.3 is 0 Å². The fraction of sp³-hybridized carbons (Fsp3) is 0.0351. The average molecular weight is 800 g/mol. The Hall–Kier alpha value is -7.53. The van der Waals surface area contributed by atoms with E-state index in [1.807, 2.05) is 0 Å². The van der Waals surface area contributed by atoms with Crippen molar-refractivity contribution in [3.8, 4) is 28.2 Å². The van der Waals surface area contributed by atoms with Crippen molar-refractivity contribution >= 4 is 56.7 Å². The average Bonchev–Trinajstić information content (AvgIpc) is 3.64. The van der Waals surface area contributed by atoms with Crippen LogP contribution in [0.2, 0.25) is 0 Å². The normalized spacial score (nSPS) is 11.4. The molecule has 3 nitrogen and oxygen atoms in total. The fourth-order valence-electron chi connectivity index (χ4n) is 9.16. The highest BCUT2D eigenvalue weighted by Crippen LogP contribution is 2.39. The van der Waals surface area contributed by atoms with Gasteiger partial charge in [-0.05, 0) is 93.6 Å². The first-order chi connectivity index (χ1) is 30.1. The lowest BCUT2D eigenvalue weighted by Crippen LogP contribution is -2.75. The Morgan fingerprint density at radius 1 is 0.426 bits per heavy atom. The van der Waals surface area contributed by atoms with Crippen molar-refractivity contribution in [2.45, 2.75) is 13.8 Å². The van der Waals surface area contributed by atoms with Crippen LogP contribution in [0.5, 0.6) is 0 Å². The van der Waals surface area contributed by atoms with Gasteiger partial charge in [-0.1, -0.05) is 194 Å². The maximum Gasteiger partial charge on any atom is 0.180 e. The van der Waals surface area contributed by atoms with Crippen LogP contribution >= 0.6 is 0 Å². The Labute approximate surface area is 359 Å². The van der Waals surface area contributed by atoms with Gasteiger partial charge in [-0.2, -0.15) is 0 Å². The molecule has 0 radical (unpaired) electrons. The topological polar surface area (TPSA) is 21.1 Å². The number of anilines is 3. The van der Waals surface area contributed by atoms with Gasteiger partial charge in [0.15, 0.2) is 8.07 Å². The second-order valence-corrected chi connectivity index (χ2v) is 19.4. The number of rotatable bonds is 10. The van der Waals surface area contributed by atoms with E-state index in [4.69, 9.17) is 4.98 Å². The summed E-state index contributed by atoms with van der Waals surface area (Å²) in [7, 11) is -2.96. The first-order valence-corrected chi connectivity index (χ1v) is 23.0. The molecule has 61 heavy (non-hydrogen) atoms. The zero-order valence-electron chi connectivity index (χ0n) is 34.4. The number of hydrogen-bond acceptors (Lipinski definition) is 2. The number of hydrogen-bond donors (Lipinski definition) is 0. The van der Waals surface area contributed by atoms with Crippen molar-refractivity contribution in [3.05, 3.63) is 248 Å². The second-order valence-electron chi connectivity index (χ2n) is 15.6. The molecule has 1 aromatic heterocycles. The number of aromatic nitrogens is 2. The van der Waals surface area contributed by atoms with Crippen LogP contribution in [0.25, 0.3) is 39.0 Å². The molecule has 0 saturated heterocycles. The maximum absolute atomic E-state index is 5.32. The van der Waals surface area contributed by atoms with E-state index in [1.54, 1.807) is 0 Å². The number of aryl methyl sites for hydroxylation is 1. The van der Waals surface area contributed by atoms with Gasteiger partial charge in [-0.25, -0.2) is 4.98 Å². The molecule has 1 heterocycles. The second kappa shape index (κ2) is 16.3. The third-order valence-electron chi connectivity index (χ3n) is 12.1. The third-order valence-corrected chi connectivity index (χ3v) is 17.0. The molecule has 10 aromatic rings. The van der Waals surface area contributed by atoms with Crippen molar-refractivity contribution in [1.29, 1.82) is 0 Å². The van der Waals surface area contributed by atoms with Crippen molar-refractivity contribution in [1.82, 2.24) is 9.55 Å². The van der Waals surface area contributed by atoms with Crippen LogP contribution in [0.15, 0.2) is 237 Å². The zero-order chi connectivity index (χ0) is 41.2. The van der Waals surface area contributed by atoms with E-state index in [0.717, 1.165) is 45.5 Å². The number of fused-ring (bicyclic) bond motifs is 1. The van der Waals surface area contributed by atoms with Gasteiger partial charge in [0, 0.05) is 33.7 Å². The van der Waals surface area contributed by atoms with Crippen LogP contribution in [0.3, 0.4) is 0 Å². The lowest BCUT2D eigenvalue weighted by Gasteiger charge is -2.36. The molecular formula is C57H45N3Si. The summed E-state index contributed by atoms with van der Waals surface area (Å²) in [6.07, 6.45) is 0.